The Hall–Kier alpha value is -2.11. The lowest BCUT2D eigenvalue weighted by Crippen LogP contribution is -2.30. The largest absolute Gasteiger partial charge is 0.508 e. The molecule has 2 N–H and O–H groups in total. The van der Waals surface area contributed by atoms with E-state index in [0.29, 0.717) is 35.3 Å². The molecule has 2 aliphatic rings. The number of Topliss-reactive ketones (excluding diaryl/α,β-unsaturated/α-hetero) is 1. The number of ketones is 1. The summed E-state index contributed by atoms with van der Waals surface area (Å²) in [4.78, 5) is 17.0. The minimum Gasteiger partial charge on any atom is -0.508 e. The van der Waals surface area contributed by atoms with Crippen molar-refractivity contribution in [2.75, 3.05) is 19.7 Å². The summed E-state index contributed by atoms with van der Waals surface area (Å²) in [7, 11) is 0. The van der Waals surface area contributed by atoms with Gasteiger partial charge in [-0.05, 0) is 74.4 Å². The number of nitrogens with zero attached hydrogens (tertiary/aromatic N) is 1. The van der Waals surface area contributed by atoms with E-state index >= 15 is 0 Å². The lowest BCUT2D eigenvalue weighted by atomic mass is 9.93. The van der Waals surface area contributed by atoms with Gasteiger partial charge in [0.1, 0.15) is 11.5 Å². The third kappa shape index (κ3) is 4.15. The Kier molecular flexibility index (Phi) is 5.83. The number of pyridine rings is 1. The van der Waals surface area contributed by atoms with Crippen LogP contribution >= 0.6 is 11.6 Å². The van der Waals surface area contributed by atoms with Crippen molar-refractivity contribution in [3.05, 3.63) is 52.3 Å². The number of phenolic OH excluding ortho intramolecular Hbond substituents is 1. The molecule has 28 heavy (non-hydrogen) atoms. The van der Waals surface area contributed by atoms with Crippen molar-refractivity contribution in [3.63, 3.8) is 0 Å². The Morgan fingerprint density at radius 3 is 2.89 bits per heavy atom. The van der Waals surface area contributed by atoms with E-state index in [1.54, 1.807) is 30.6 Å². The van der Waals surface area contributed by atoms with Gasteiger partial charge >= 0.3 is 0 Å². The molecule has 1 aliphatic heterocycles. The van der Waals surface area contributed by atoms with E-state index in [9.17, 15) is 9.90 Å². The van der Waals surface area contributed by atoms with E-state index in [1.165, 1.54) is 0 Å². The Morgan fingerprint density at radius 2 is 2.07 bits per heavy atom. The smallest absolute Gasteiger partial charge is 0.165 e. The number of hydrogen-bond acceptors (Lipinski definition) is 5. The molecule has 4 rings (SSSR count). The van der Waals surface area contributed by atoms with Crippen LogP contribution in [0, 0.1) is 5.92 Å². The summed E-state index contributed by atoms with van der Waals surface area (Å²) < 4.78 is 5.90. The summed E-state index contributed by atoms with van der Waals surface area (Å²) in [5.41, 5.74) is 2.35. The fourth-order valence-corrected chi connectivity index (χ4v) is 4.52. The molecule has 1 unspecified atom stereocenters. The average Bonchev–Trinajstić information content (AvgIpc) is 3.15. The molecule has 1 aliphatic carbocycles. The van der Waals surface area contributed by atoms with Crippen molar-refractivity contribution in [2.24, 2.45) is 5.92 Å². The SMILES string of the molecule is O=C(CC1CCc2c(Cl)ccc(O)c21)c1cncc(OCC2CCNCC2)c1. The van der Waals surface area contributed by atoms with Crippen LogP contribution in [0.4, 0.5) is 0 Å². The number of carbonyl (C=O) groups is 1. The van der Waals surface area contributed by atoms with Gasteiger partial charge in [0.2, 0.25) is 0 Å². The van der Waals surface area contributed by atoms with E-state index in [4.69, 9.17) is 16.3 Å². The fourth-order valence-electron chi connectivity index (χ4n) is 4.26. The number of hydrogen-bond donors (Lipinski definition) is 2. The molecule has 1 aromatic heterocycles. The topological polar surface area (TPSA) is 71.5 Å². The first-order valence-corrected chi connectivity index (χ1v) is 10.3. The van der Waals surface area contributed by atoms with Crippen LogP contribution in [-0.2, 0) is 6.42 Å². The molecular formula is C22H25ClN2O3. The number of rotatable bonds is 6. The lowest BCUT2D eigenvalue weighted by Gasteiger charge is -2.22. The highest BCUT2D eigenvalue weighted by atomic mass is 35.5. The standard InChI is InChI=1S/C22H25ClN2O3/c23-19-3-4-20(26)22-15(1-2-18(19)22)10-21(27)16-9-17(12-25-11-16)28-13-14-5-7-24-8-6-14/h3-4,9,11-12,14-15,24,26H,1-2,5-8,10,13H2. The minimum atomic E-state index is -0.0134. The average molecular weight is 401 g/mol. The van der Waals surface area contributed by atoms with E-state index < -0.39 is 0 Å². The van der Waals surface area contributed by atoms with Crippen LogP contribution in [0.3, 0.4) is 0 Å². The zero-order valence-corrected chi connectivity index (χ0v) is 16.5. The van der Waals surface area contributed by atoms with Crippen molar-refractivity contribution in [2.45, 2.75) is 38.0 Å². The highest BCUT2D eigenvalue weighted by molar-refractivity contribution is 6.31. The second-order valence-electron chi connectivity index (χ2n) is 7.74. The summed E-state index contributed by atoms with van der Waals surface area (Å²) in [6.45, 7) is 2.72. The molecule has 148 valence electrons. The summed E-state index contributed by atoms with van der Waals surface area (Å²) in [6.07, 6.45) is 7.41. The zero-order valence-electron chi connectivity index (χ0n) is 15.8. The Labute approximate surface area is 170 Å². The second kappa shape index (κ2) is 8.50. The molecule has 2 heterocycles. The maximum absolute atomic E-state index is 12.8. The van der Waals surface area contributed by atoms with E-state index in [-0.39, 0.29) is 17.5 Å². The van der Waals surface area contributed by atoms with Crippen LogP contribution in [0.2, 0.25) is 5.02 Å². The number of aromatic hydroxyl groups is 1. The Bertz CT molecular complexity index is 865. The van der Waals surface area contributed by atoms with Gasteiger partial charge in [-0.1, -0.05) is 11.6 Å². The van der Waals surface area contributed by atoms with Gasteiger partial charge in [-0.15, -0.1) is 0 Å². The summed E-state index contributed by atoms with van der Waals surface area (Å²) >= 11 is 6.25. The maximum Gasteiger partial charge on any atom is 0.165 e. The van der Waals surface area contributed by atoms with Crippen LogP contribution in [0.25, 0.3) is 0 Å². The number of ether oxygens (including phenoxy) is 1. The van der Waals surface area contributed by atoms with Crippen LogP contribution in [0.1, 0.15) is 53.1 Å². The van der Waals surface area contributed by atoms with Gasteiger partial charge < -0.3 is 15.2 Å². The highest BCUT2D eigenvalue weighted by Crippen LogP contribution is 2.44. The molecule has 1 aromatic carbocycles. The number of aromatic nitrogens is 1. The van der Waals surface area contributed by atoms with E-state index in [0.717, 1.165) is 49.9 Å². The first-order chi connectivity index (χ1) is 13.6. The van der Waals surface area contributed by atoms with E-state index in [2.05, 4.69) is 10.3 Å². The second-order valence-corrected chi connectivity index (χ2v) is 8.14. The van der Waals surface area contributed by atoms with Gasteiger partial charge in [-0.25, -0.2) is 0 Å². The van der Waals surface area contributed by atoms with Crippen molar-refractivity contribution in [3.8, 4) is 11.5 Å². The number of piperidine rings is 1. The molecular weight excluding hydrogens is 376 g/mol. The predicted molar refractivity (Wildman–Crippen MR) is 108 cm³/mol. The fraction of sp³-hybridized carbons (Fsp3) is 0.455. The van der Waals surface area contributed by atoms with Crippen LogP contribution < -0.4 is 10.1 Å². The van der Waals surface area contributed by atoms with Crippen LogP contribution in [0.5, 0.6) is 11.5 Å². The van der Waals surface area contributed by atoms with Gasteiger partial charge in [-0.3, -0.25) is 9.78 Å². The summed E-state index contributed by atoms with van der Waals surface area (Å²) in [5.74, 6) is 1.41. The monoisotopic (exact) mass is 400 g/mol. The molecule has 0 saturated carbocycles. The predicted octanol–water partition coefficient (Wildman–Crippen LogP) is 4.12. The summed E-state index contributed by atoms with van der Waals surface area (Å²) in [6, 6.07) is 5.11. The van der Waals surface area contributed by atoms with Gasteiger partial charge in [-0.2, -0.15) is 0 Å². The molecule has 0 amide bonds. The van der Waals surface area contributed by atoms with Gasteiger partial charge in [0.25, 0.3) is 0 Å². The van der Waals surface area contributed by atoms with Crippen LogP contribution in [-0.4, -0.2) is 35.6 Å². The minimum absolute atomic E-state index is 0.0111. The number of carbonyl (C=O) groups excluding carboxylic acids is 1. The van der Waals surface area contributed by atoms with Crippen molar-refractivity contribution in [1.29, 1.82) is 0 Å². The van der Waals surface area contributed by atoms with Crippen LogP contribution in [0.15, 0.2) is 30.6 Å². The number of fused-ring (bicyclic) bond motifs is 1. The Morgan fingerprint density at radius 1 is 1.25 bits per heavy atom. The number of benzene rings is 1. The van der Waals surface area contributed by atoms with Crippen molar-refractivity contribution < 1.29 is 14.6 Å². The molecule has 1 fully saturated rings. The Balaban J connectivity index is 1.41. The molecule has 0 spiro atoms. The maximum atomic E-state index is 12.8. The quantitative estimate of drug-likeness (QED) is 0.713. The van der Waals surface area contributed by atoms with Crippen molar-refractivity contribution in [1.82, 2.24) is 10.3 Å². The molecule has 6 heteroatoms. The zero-order chi connectivity index (χ0) is 19.5. The van der Waals surface area contributed by atoms with Gasteiger partial charge in [0.05, 0.1) is 12.8 Å². The molecule has 0 bridgehead atoms. The third-order valence-electron chi connectivity index (χ3n) is 5.84. The first kappa shape index (κ1) is 19.2. The molecule has 5 nitrogen and oxygen atoms in total. The van der Waals surface area contributed by atoms with Gasteiger partial charge in [0, 0.05) is 28.8 Å². The number of phenols is 1. The lowest BCUT2D eigenvalue weighted by molar-refractivity contribution is 0.0972. The summed E-state index contributed by atoms with van der Waals surface area (Å²) in [5, 5.41) is 14.3. The van der Waals surface area contributed by atoms with Crippen molar-refractivity contribution >= 4 is 17.4 Å². The van der Waals surface area contributed by atoms with Gasteiger partial charge in [0.15, 0.2) is 5.78 Å². The number of halogens is 1. The molecule has 2 aromatic rings. The third-order valence-corrected chi connectivity index (χ3v) is 6.19. The van der Waals surface area contributed by atoms with E-state index in [1.807, 2.05) is 0 Å². The first-order valence-electron chi connectivity index (χ1n) is 9.94. The normalized spacial score (nSPS) is 19.4. The molecule has 0 radical (unpaired) electrons. The molecule has 1 atom stereocenters. The number of nitrogens with one attached hydrogen (secondary N) is 1. The highest BCUT2D eigenvalue weighted by Gasteiger charge is 2.29. The molecule has 1 saturated heterocycles.